The van der Waals surface area contributed by atoms with Gasteiger partial charge in [-0.2, -0.15) is 0 Å². The number of rotatable bonds is 5. The van der Waals surface area contributed by atoms with E-state index in [0.717, 1.165) is 0 Å². The Kier molecular flexibility index (Phi) is 5.15. The zero-order valence-corrected chi connectivity index (χ0v) is 11.3. The third-order valence-corrected chi connectivity index (χ3v) is 7.80. The maximum absolute atomic E-state index is 11.6. The molecule has 0 aromatic rings. The highest BCUT2D eigenvalue weighted by Crippen LogP contribution is 2.13. The van der Waals surface area contributed by atoms with Crippen molar-refractivity contribution in [2.45, 2.75) is 18.4 Å². The van der Waals surface area contributed by atoms with Crippen molar-refractivity contribution >= 4 is 36.9 Å². The van der Waals surface area contributed by atoms with E-state index >= 15 is 0 Å². The average molecular weight is 273 g/mol. The van der Waals surface area contributed by atoms with Gasteiger partial charge in [0.25, 0.3) is 0 Å². The molecule has 90 valence electrons. The molecule has 0 unspecified atom stereocenters. The first-order valence-electron chi connectivity index (χ1n) is 4.37. The lowest BCUT2D eigenvalue weighted by atomic mass is 10.7. The normalized spacial score (nSPS) is 12.8. The predicted octanol–water partition coefficient (Wildman–Crippen LogP) is -0.271. The second kappa shape index (κ2) is 5.22. The lowest BCUT2D eigenvalue weighted by molar-refractivity contribution is 0.585. The molecule has 5 nitrogen and oxygen atoms in total. The molecular weight excluding hydrogens is 258 g/mol. The van der Waals surface area contributed by atoms with Crippen LogP contribution in [0.15, 0.2) is 0 Å². The van der Waals surface area contributed by atoms with Crippen LogP contribution >= 0.6 is 12.2 Å². The molecule has 0 heterocycles. The first-order valence-corrected chi connectivity index (χ1v) is 8.21. The molecule has 0 aliphatic carbocycles. The highest BCUT2D eigenvalue weighted by molar-refractivity contribution is 8.11. The first-order chi connectivity index (χ1) is 6.72. The van der Waals surface area contributed by atoms with Crippen LogP contribution in [0.4, 0.5) is 0 Å². The smallest absolute Gasteiger partial charge is 0.212 e. The molecule has 15 heavy (non-hydrogen) atoms. The third kappa shape index (κ3) is 3.39. The van der Waals surface area contributed by atoms with Gasteiger partial charge in [0.15, 0.2) is 19.7 Å². The zero-order chi connectivity index (χ0) is 12.3. The maximum Gasteiger partial charge on any atom is 0.212 e. The number of thiocarbonyl (C=S) groups is 1. The van der Waals surface area contributed by atoms with Gasteiger partial charge < -0.3 is 5.32 Å². The largest absolute Gasteiger partial charge is 0.381 e. The fraction of sp³-hybridized carbons (Fsp3) is 0.857. The van der Waals surface area contributed by atoms with Crippen LogP contribution in [0.2, 0.25) is 0 Å². The van der Waals surface area contributed by atoms with E-state index in [1.807, 2.05) is 0 Å². The van der Waals surface area contributed by atoms with E-state index in [9.17, 15) is 16.8 Å². The van der Waals surface area contributed by atoms with Crippen molar-refractivity contribution in [3.05, 3.63) is 0 Å². The van der Waals surface area contributed by atoms with Crippen molar-refractivity contribution in [1.29, 1.82) is 0 Å². The number of sulfone groups is 2. The first kappa shape index (κ1) is 14.8. The lowest BCUT2D eigenvalue weighted by Crippen LogP contribution is -2.44. The van der Waals surface area contributed by atoms with Crippen LogP contribution in [-0.2, 0) is 19.7 Å². The Labute approximate surface area is 96.1 Å². The molecule has 0 fully saturated rings. The average Bonchev–Trinajstić information content (AvgIpc) is 2.17. The van der Waals surface area contributed by atoms with Gasteiger partial charge in [-0.3, -0.25) is 0 Å². The van der Waals surface area contributed by atoms with Crippen LogP contribution in [-0.4, -0.2) is 45.0 Å². The van der Waals surface area contributed by atoms with Crippen LogP contribution in [0.5, 0.6) is 0 Å². The SMILES string of the molecule is CCS(=O)(=O)C(C(=S)NC)S(=O)(=O)CC. The molecule has 0 saturated carbocycles. The second-order valence-corrected chi connectivity index (χ2v) is 8.34. The summed E-state index contributed by atoms with van der Waals surface area (Å²) >= 11 is 4.74. The van der Waals surface area contributed by atoms with E-state index in [1.165, 1.54) is 20.9 Å². The molecule has 0 atom stereocenters. The van der Waals surface area contributed by atoms with Crippen molar-refractivity contribution in [3.8, 4) is 0 Å². The predicted molar refractivity (Wildman–Crippen MR) is 64.4 cm³/mol. The minimum Gasteiger partial charge on any atom is -0.381 e. The Hall–Kier alpha value is -0.210. The molecule has 0 aliphatic heterocycles. The van der Waals surface area contributed by atoms with Crippen LogP contribution in [0.3, 0.4) is 0 Å². The van der Waals surface area contributed by atoms with Gasteiger partial charge in [0.1, 0.15) is 4.99 Å². The van der Waals surface area contributed by atoms with Gasteiger partial charge in [0.2, 0.25) is 4.58 Å². The van der Waals surface area contributed by atoms with E-state index in [4.69, 9.17) is 12.2 Å². The van der Waals surface area contributed by atoms with E-state index in [1.54, 1.807) is 0 Å². The topological polar surface area (TPSA) is 80.3 Å². The number of hydrogen-bond acceptors (Lipinski definition) is 5. The van der Waals surface area contributed by atoms with Crippen molar-refractivity contribution in [3.63, 3.8) is 0 Å². The number of hydrogen-bond donors (Lipinski definition) is 1. The maximum atomic E-state index is 11.6. The summed E-state index contributed by atoms with van der Waals surface area (Å²) < 4.78 is 44.8. The van der Waals surface area contributed by atoms with Gasteiger partial charge in [0.05, 0.1) is 0 Å². The molecule has 0 radical (unpaired) electrons. The van der Waals surface area contributed by atoms with Crippen LogP contribution in [0, 0.1) is 0 Å². The Morgan fingerprint density at radius 1 is 1.13 bits per heavy atom. The van der Waals surface area contributed by atoms with E-state index in [2.05, 4.69) is 5.32 Å². The Bertz CT molecular complexity index is 389. The van der Waals surface area contributed by atoms with Crippen molar-refractivity contribution in [2.75, 3.05) is 18.6 Å². The summed E-state index contributed by atoms with van der Waals surface area (Å²) in [6.07, 6.45) is 0. The third-order valence-electron chi connectivity index (χ3n) is 1.92. The van der Waals surface area contributed by atoms with Crippen LogP contribution in [0.25, 0.3) is 0 Å². The summed E-state index contributed by atoms with van der Waals surface area (Å²) in [5, 5.41) is 2.42. The molecule has 0 aliphatic rings. The van der Waals surface area contributed by atoms with Gasteiger partial charge >= 0.3 is 0 Å². The van der Waals surface area contributed by atoms with Crippen molar-refractivity contribution in [1.82, 2.24) is 5.32 Å². The van der Waals surface area contributed by atoms with Crippen molar-refractivity contribution in [2.24, 2.45) is 0 Å². The highest BCUT2D eigenvalue weighted by atomic mass is 32.3. The Morgan fingerprint density at radius 2 is 1.47 bits per heavy atom. The molecule has 0 bridgehead atoms. The monoisotopic (exact) mass is 273 g/mol. The Balaban J connectivity index is 5.58. The van der Waals surface area contributed by atoms with E-state index in [-0.39, 0.29) is 16.5 Å². The van der Waals surface area contributed by atoms with Gasteiger partial charge in [-0.25, -0.2) is 16.8 Å². The molecule has 0 saturated heterocycles. The summed E-state index contributed by atoms with van der Waals surface area (Å²) in [6.45, 7) is 2.79. The molecule has 0 aromatic carbocycles. The second-order valence-electron chi connectivity index (χ2n) is 2.85. The Morgan fingerprint density at radius 3 is 1.67 bits per heavy atom. The molecule has 0 aromatic heterocycles. The molecular formula is C7H15NO4S3. The summed E-state index contributed by atoms with van der Waals surface area (Å²) in [4.78, 5) is -0.168. The van der Waals surface area contributed by atoms with E-state index in [0.29, 0.717) is 0 Å². The molecule has 0 spiro atoms. The van der Waals surface area contributed by atoms with Gasteiger partial charge in [-0.1, -0.05) is 26.1 Å². The summed E-state index contributed by atoms with van der Waals surface area (Å²) in [5.74, 6) is -0.503. The van der Waals surface area contributed by atoms with Crippen LogP contribution < -0.4 is 5.32 Å². The molecule has 0 rings (SSSR count). The van der Waals surface area contributed by atoms with Crippen molar-refractivity contribution < 1.29 is 16.8 Å². The zero-order valence-electron chi connectivity index (χ0n) is 8.85. The lowest BCUT2D eigenvalue weighted by Gasteiger charge is -2.17. The van der Waals surface area contributed by atoms with E-state index < -0.39 is 24.3 Å². The summed E-state index contributed by atoms with van der Waals surface area (Å²) in [7, 11) is -6.06. The molecule has 8 heteroatoms. The summed E-state index contributed by atoms with van der Waals surface area (Å²) in [6, 6.07) is 0. The summed E-state index contributed by atoms with van der Waals surface area (Å²) in [5.41, 5.74) is 0. The number of nitrogens with one attached hydrogen (secondary N) is 1. The standard InChI is InChI=1S/C7H15NO4S3/c1-4-14(9,10)7(6(13)8-3)15(11,12)5-2/h7H,4-5H2,1-3H3,(H,8,13). The van der Waals surface area contributed by atoms with Gasteiger partial charge in [0, 0.05) is 18.6 Å². The fourth-order valence-corrected chi connectivity index (χ4v) is 5.95. The van der Waals surface area contributed by atoms with Gasteiger partial charge in [-0.15, -0.1) is 0 Å². The molecule has 1 N–H and O–H groups in total. The van der Waals surface area contributed by atoms with Crippen LogP contribution in [0.1, 0.15) is 13.8 Å². The van der Waals surface area contributed by atoms with Gasteiger partial charge in [-0.05, 0) is 0 Å². The highest BCUT2D eigenvalue weighted by Gasteiger charge is 2.38. The minimum absolute atomic E-state index is 0.168. The fourth-order valence-electron chi connectivity index (χ4n) is 0.970. The minimum atomic E-state index is -3.73. The quantitative estimate of drug-likeness (QED) is 0.695. The molecule has 0 amide bonds.